The molecule has 6 heteroatoms. The lowest BCUT2D eigenvalue weighted by molar-refractivity contribution is 1.15. The zero-order valence-corrected chi connectivity index (χ0v) is 14.9. The molecular weight excluding hydrogens is 352 g/mol. The van der Waals surface area contributed by atoms with E-state index >= 15 is 0 Å². The van der Waals surface area contributed by atoms with Crippen molar-refractivity contribution < 1.29 is 0 Å². The highest BCUT2D eigenvalue weighted by Gasteiger charge is 2.14. The number of aromatic amines is 1. The third kappa shape index (κ3) is 3.66. The summed E-state index contributed by atoms with van der Waals surface area (Å²) in [7, 11) is 0. The molecule has 0 aliphatic carbocycles. The molecule has 1 aromatic heterocycles. The van der Waals surface area contributed by atoms with Crippen molar-refractivity contribution in [3.05, 3.63) is 75.4 Å². The van der Waals surface area contributed by atoms with Crippen molar-refractivity contribution in [2.45, 2.75) is 6.92 Å². The second kappa shape index (κ2) is 7.39. The standard InChI is InChI=1S/C19H13ClN4S/c1-12-16(11-21)19(25)22-18(13-5-3-2-4-6-13)17(12)24-23-15-9-7-14(20)8-10-15/h2-10H,1H3,(H,22,25). The second-order valence-corrected chi connectivity index (χ2v) is 6.18. The highest BCUT2D eigenvalue weighted by Crippen LogP contribution is 2.34. The summed E-state index contributed by atoms with van der Waals surface area (Å²) in [4.78, 5) is 3.12. The normalized spacial score (nSPS) is 10.8. The Bertz CT molecular complexity index is 1030. The van der Waals surface area contributed by atoms with Crippen molar-refractivity contribution in [2.75, 3.05) is 0 Å². The summed E-state index contributed by atoms with van der Waals surface area (Å²) in [5.74, 6) is 0. The van der Waals surface area contributed by atoms with Gasteiger partial charge >= 0.3 is 0 Å². The summed E-state index contributed by atoms with van der Waals surface area (Å²) in [5, 5.41) is 18.7. The number of hydrogen-bond donors (Lipinski definition) is 1. The maximum atomic E-state index is 9.38. The van der Waals surface area contributed by atoms with Gasteiger partial charge in [0, 0.05) is 10.6 Å². The third-order valence-electron chi connectivity index (χ3n) is 3.70. The molecular formula is C19H13ClN4S. The van der Waals surface area contributed by atoms with Crippen molar-refractivity contribution in [3.63, 3.8) is 0 Å². The fraction of sp³-hybridized carbons (Fsp3) is 0.0526. The Morgan fingerprint density at radius 1 is 1.04 bits per heavy atom. The Hall–Kier alpha value is -2.81. The van der Waals surface area contributed by atoms with Crippen LogP contribution in [0.2, 0.25) is 5.02 Å². The number of rotatable bonds is 3. The molecule has 0 radical (unpaired) electrons. The topological polar surface area (TPSA) is 64.3 Å². The van der Waals surface area contributed by atoms with Gasteiger partial charge in [-0.1, -0.05) is 54.2 Å². The molecule has 3 rings (SSSR count). The van der Waals surface area contributed by atoms with Gasteiger partial charge < -0.3 is 4.98 Å². The maximum Gasteiger partial charge on any atom is 0.122 e. The average Bonchev–Trinajstić information content (AvgIpc) is 2.63. The van der Waals surface area contributed by atoms with E-state index in [4.69, 9.17) is 23.8 Å². The minimum atomic E-state index is 0.393. The fourth-order valence-corrected chi connectivity index (χ4v) is 2.83. The van der Waals surface area contributed by atoms with E-state index in [0.717, 1.165) is 11.3 Å². The summed E-state index contributed by atoms with van der Waals surface area (Å²) >= 11 is 11.2. The number of nitrogens with one attached hydrogen (secondary N) is 1. The first-order valence-corrected chi connectivity index (χ1v) is 8.28. The van der Waals surface area contributed by atoms with E-state index in [1.807, 2.05) is 37.3 Å². The lowest BCUT2D eigenvalue weighted by Gasteiger charge is -2.10. The molecule has 0 atom stereocenters. The van der Waals surface area contributed by atoms with Crippen LogP contribution in [0.5, 0.6) is 0 Å². The highest BCUT2D eigenvalue weighted by atomic mass is 35.5. The van der Waals surface area contributed by atoms with Gasteiger partial charge in [0.25, 0.3) is 0 Å². The summed E-state index contributed by atoms with van der Waals surface area (Å²) in [6, 6.07) is 18.9. The molecule has 0 aliphatic heterocycles. The van der Waals surface area contributed by atoms with Crippen LogP contribution in [-0.2, 0) is 0 Å². The van der Waals surface area contributed by atoms with E-state index in [2.05, 4.69) is 21.3 Å². The molecule has 0 bridgehead atoms. The Morgan fingerprint density at radius 2 is 1.72 bits per heavy atom. The molecule has 0 saturated heterocycles. The zero-order chi connectivity index (χ0) is 17.8. The number of halogens is 1. The van der Waals surface area contributed by atoms with Gasteiger partial charge in [-0.3, -0.25) is 0 Å². The SMILES string of the molecule is Cc1c(N=Nc2ccc(Cl)cc2)c(-c2ccccc2)[nH]c(=S)c1C#N. The Balaban J connectivity index is 2.18. The first-order chi connectivity index (χ1) is 12.1. The van der Waals surface area contributed by atoms with Crippen LogP contribution in [0.4, 0.5) is 11.4 Å². The molecule has 2 aromatic carbocycles. The fourth-order valence-electron chi connectivity index (χ4n) is 2.40. The van der Waals surface area contributed by atoms with E-state index in [1.54, 1.807) is 24.3 Å². The molecule has 0 aliphatic rings. The molecule has 4 nitrogen and oxygen atoms in total. The smallest absolute Gasteiger partial charge is 0.122 e. The quantitative estimate of drug-likeness (QED) is 0.417. The van der Waals surface area contributed by atoms with Crippen molar-refractivity contribution in [1.29, 1.82) is 5.26 Å². The van der Waals surface area contributed by atoms with Crippen LogP contribution in [0, 0.1) is 22.9 Å². The van der Waals surface area contributed by atoms with Gasteiger partial charge in [0.1, 0.15) is 16.4 Å². The monoisotopic (exact) mass is 364 g/mol. The van der Waals surface area contributed by atoms with Crippen molar-refractivity contribution in [3.8, 4) is 17.3 Å². The van der Waals surface area contributed by atoms with Gasteiger partial charge in [0.05, 0.1) is 16.9 Å². The number of nitrogens with zero attached hydrogens (tertiary/aromatic N) is 3. The Labute approximate surface area is 155 Å². The summed E-state index contributed by atoms with van der Waals surface area (Å²) in [6.07, 6.45) is 0. The third-order valence-corrected chi connectivity index (χ3v) is 4.26. The zero-order valence-electron chi connectivity index (χ0n) is 13.3. The first kappa shape index (κ1) is 17.0. The summed E-state index contributed by atoms with van der Waals surface area (Å²) < 4.78 is 0.393. The number of benzene rings is 2. The van der Waals surface area contributed by atoms with Crippen LogP contribution in [-0.4, -0.2) is 4.98 Å². The number of azo groups is 1. The molecule has 0 unspecified atom stereocenters. The van der Waals surface area contributed by atoms with Crippen LogP contribution in [0.25, 0.3) is 11.3 Å². The summed E-state index contributed by atoms with van der Waals surface area (Å²) in [6.45, 7) is 1.82. The molecule has 25 heavy (non-hydrogen) atoms. The van der Waals surface area contributed by atoms with Gasteiger partial charge in [-0.15, -0.1) is 5.11 Å². The first-order valence-electron chi connectivity index (χ1n) is 7.50. The van der Waals surface area contributed by atoms with E-state index in [9.17, 15) is 5.26 Å². The molecule has 1 N–H and O–H groups in total. The van der Waals surface area contributed by atoms with Gasteiger partial charge in [0.15, 0.2) is 0 Å². The molecule has 0 fully saturated rings. The second-order valence-electron chi connectivity index (χ2n) is 5.33. The van der Waals surface area contributed by atoms with Crippen molar-refractivity contribution in [2.24, 2.45) is 10.2 Å². The largest absolute Gasteiger partial charge is 0.343 e. The Kier molecular flexibility index (Phi) is 5.03. The van der Waals surface area contributed by atoms with Gasteiger partial charge in [-0.25, -0.2) is 0 Å². The highest BCUT2D eigenvalue weighted by molar-refractivity contribution is 7.71. The molecule has 122 valence electrons. The number of H-pyrrole nitrogens is 1. The van der Waals surface area contributed by atoms with E-state index in [1.165, 1.54) is 0 Å². The summed E-state index contributed by atoms with van der Waals surface area (Å²) in [5.41, 5.74) is 4.02. The molecule has 3 aromatic rings. The number of aromatic nitrogens is 1. The van der Waals surface area contributed by atoms with E-state index < -0.39 is 0 Å². The average molecular weight is 365 g/mol. The molecule has 0 saturated carbocycles. The van der Waals surface area contributed by atoms with Crippen molar-refractivity contribution >= 4 is 35.2 Å². The molecule has 0 amide bonds. The maximum absolute atomic E-state index is 9.38. The Morgan fingerprint density at radius 3 is 2.36 bits per heavy atom. The van der Waals surface area contributed by atoms with Crippen LogP contribution in [0.1, 0.15) is 11.1 Å². The van der Waals surface area contributed by atoms with Crippen LogP contribution < -0.4 is 0 Å². The van der Waals surface area contributed by atoms with Gasteiger partial charge in [-0.05, 0) is 36.8 Å². The van der Waals surface area contributed by atoms with Crippen LogP contribution >= 0.6 is 23.8 Å². The molecule has 1 heterocycles. The predicted molar refractivity (Wildman–Crippen MR) is 102 cm³/mol. The van der Waals surface area contributed by atoms with Crippen LogP contribution in [0.3, 0.4) is 0 Å². The van der Waals surface area contributed by atoms with Gasteiger partial charge in [-0.2, -0.15) is 10.4 Å². The van der Waals surface area contributed by atoms with E-state index in [0.29, 0.717) is 32.2 Å². The number of pyridine rings is 1. The number of nitriles is 1. The predicted octanol–water partition coefficient (Wildman–Crippen LogP) is 6.66. The minimum absolute atomic E-state index is 0.393. The number of hydrogen-bond acceptors (Lipinski definition) is 4. The lowest BCUT2D eigenvalue weighted by Crippen LogP contribution is -1.93. The van der Waals surface area contributed by atoms with Crippen LogP contribution in [0.15, 0.2) is 64.8 Å². The van der Waals surface area contributed by atoms with Crippen molar-refractivity contribution in [1.82, 2.24) is 4.98 Å². The van der Waals surface area contributed by atoms with E-state index in [-0.39, 0.29) is 0 Å². The molecule has 0 spiro atoms. The van der Waals surface area contributed by atoms with Gasteiger partial charge in [0.2, 0.25) is 0 Å². The minimum Gasteiger partial charge on any atom is -0.343 e. The lowest BCUT2D eigenvalue weighted by atomic mass is 10.0.